The number of hydrazine groups is 1. The van der Waals surface area contributed by atoms with Crippen molar-refractivity contribution < 1.29 is 24.0 Å². The molecule has 358 valence electrons. The van der Waals surface area contributed by atoms with E-state index in [0.717, 1.165) is 129 Å². The molecule has 8 amide bonds. The highest BCUT2D eigenvalue weighted by atomic mass is 16.2. The van der Waals surface area contributed by atoms with Crippen molar-refractivity contribution in [3.63, 3.8) is 0 Å². The summed E-state index contributed by atoms with van der Waals surface area (Å²) in [6.45, 7) is 26.1. The van der Waals surface area contributed by atoms with E-state index in [1.165, 1.54) is 4.90 Å². The van der Waals surface area contributed by atoms with Crippen molar-refractivity contribution in [1.82, 2.24) is 40.7 Å². The fourth-order valence-electron chi connectivity index (χ4n) is 7.59. The molecule has 0 heterocycles. The van der Waals surface area contributed by atoms with Crippen LogP contribution in [0.5, 0.6) is 0 Å². The van der Waals surface area contributed by atoms with E-state index in [2.05, 4.69) is 85.2 Å². The van der Waals surface area contributed by atoms with Gasteiger partial charge in [0.25, 0.3) is 0 Å². The highest BCUT2D eigenvalue weighted by Gasteiger charge is 2.25. The summed E-state index contributed by atoms with van der Waals surface area (Å²) >= 11 is 0. The summed E-state index contributed by atoms with van der Waals surface area (Å²) in [4.78, 5) is 71.0. The first kappa shape index (κ1) is 57.9. The van der Waals surface area contributed by atoms with E-state index in [-0.39, 0.29) is 60.1 Å². The minimum absolute atomic E-state index is 0.000976. The Balaban J connectivity index is 4.95. The fourth-order valence-corrected chi connectivity index (χ4v) is 7.59. The second kappa shape index (κ2) is 35.4. The molecule has 0 radical (unpaired) electrons. The van der Waals surface area contributed by atoms with E-state index in [4.69, 9.17) is 0 Å². The minimum Gasteiger partial charge on any atom is -0.338 e. The zero-order chi connectivity index (χ0) is 46.2. The van der Waals surface area contributed by atoms with Crippen molar-refractivity contribution >= 4 is 29.9 Å². The average Bonchev–Trinajstić information content (AvgIpc) is 3.25. The highest BCUT2D eigenvalue weighted by molar-refractivity contribution is 5.95. The van der Waals surface area contributed by atoms with Crippen LogP contribution in [0, 0.1) is 0 Å². The third-order valence-corrected chi connectivity index (χ3v) is 12.6. The Bertz CT molecular complexity index is 1100. The highest BCUT2D eigenvalue weighted by Crippen LogP contribution is 2.16. The third kappa shape index (κ3) is 23.8. The number of imide groups is 1. The Hall–Kier alpha value is -3.09. The molecular formula is C48H96N8O5. The van der Waals surface area contributed by atoms with E-state index in [0.29, 0.717) is 39.0 Å². The van der Waals surface area contributed by atoms with E-state index < -0.39 is 0 Å². The Morgan fingerprint density at radius 1 is 0.410 bits per heavy atom. The summed E-state index contributed by atoms with van der Waals surface area (Å²) in [7, 11) is 1.94. The number of nitrogens with one attached hydrogen (secondary N) is 3. The summed E-state index contributed by atoms with van der Waals surface area (Å²) in [5, 5.41) is 13.0. The van der Waals surface area contributed by atoms with E-state index >= 15 is 0 Å². The Labute approximate surface area is 374 Å². The molecule has 0 aliphatic heterocycles. The molecule has 13 heteroatoms. The fraction of sp³-hybridized carbons (Fsp3) is 0.896. The maximum absolute atomic E-state index is 13.5. The zero-order valence-corrected chi connectivity index (χ0v) is 41.5. The molecule has 0 aromatic carbocycles. The molecule has 0 aromatic rings. The number of nitrogens with zero attached hydrogens (tertiary/aromatic N) is 5. The van der Waals surface area contributed by atoms with Crippen LogP contribution >= 0.6 is 0 Å². The molecule has 0 saturated carbocycles. The van der Waals surface area contributed by atoms with Crippen molar-refractivity contribution in [3.8, 4) is 0 Å². The van der Waals surface area contributed by atoms with Crippen LogP contribution < -0.4 is 16.0 Å². The van der Waals surface area contributed by atoms with Gasteiger partial charge >= 0.3 is 18.1 Å². The topological polar surface area (TPSA) is 138 Å². The van der Waals surface area contributed by atoms with Crippen molar-refractivity contribution in [2.24, 2.45) is 0 Å². The van der Waals surface area contributed by atoms with Crippen LogP contribution in [-0.2, 0) is 9.59 Å². The van der Waals surface area contributed by atoms with Gasteiger partial charge in [-0.2, -0.15) is 0 Å². The number of carbonyl (C=O) groups excluding carboxylic acids is 5. The number of rotatable bonds is 35. The molecule has 0 bridgehead atoms. The molecule has 0 aliphatic carbocycles. The predicted molar refractivity (Wildman–Crippen MR) is 253 cm³/mol. The first-order valence-electron chi connectivity index (χ1n) is 24.9. The lowest BCUT2D eigenvalue weighted by Gasteiger charge is -2.35. The average molecular weight is 865 g/mol. The van der Waals surface area contributed by atoms with Crippen LogP contribution in [0.1, 0.15) is 211 Å². The lowest BCUT2D eigenvalue weighted by Crippen LogP contribution is -2.53. The summed E-state index contributed by atoms with van der Waals surface area (Å²) in [6, 6.07) is 0.872. The molecule has 0 spiro atoms. The number of hydrogen-bond donors (Lipinski definition) is 3. The van der Waals surface area contributed by atoms with Gasteiger partial charge in [-0.05, 0) is 105 Å². The number of hydrogen-bond acceptors (Lipinski definition) is 6. The monoisotopic (exact) mass is 865 g/mol. The molecular weight excluding hydrogens is 769 g/mol. The molecule has 5 unspecified atom stereocenters. The number of unbranched alkanes of at least 4 members (excludes halogenated alkanes) is 11. The van der Waals surface area contributed by atoms with Crippen molar-refractivity contribution in [2.75, 3.05) is 39.8 Å². The Morgan fingerprint density at radius 3 is 1.07 bits per heavy atom. The van der Waals surface area contributed by atoms with Crippen LogP contribution in [0.25, 0.3) is 0 Å². The second-order valence-electron chi connectivity index (χ2n) is 17.5. The minimum atomic E-state index is -0.0792. The second-order valence-corrected chi connectivity index (χ2v) is 17.5. The van der Waals surface area contributed by atoms with E-state index in [1.807, 2.05) is 28.8 Å². The van der Waals surface area contributed by atoms with Gasteiger partial charge in [0.15, 0.2) is 0 Å². The van der Waals surface area contributed by atoms with Crippen molar-refractivity contribution in [2.45, 2.75) is 241 Å². The maximum Gasteiger partial charge on any atom is 0.332 e. The molecule has 13 nitrogen and oxygen atoms in total. The lowest BCUT2D eigenvalue weighted by molar-refractivity contribution is -0.145. The van der Waals surface area contributed by atoms with E-state index in [1.54, 1.807) is 5.01 Å². The van der Waals surface area contributed by atoms with Crippen LogP contribution in [-0.4, -0.2) is 125 Å². The van der Waals surface area contributed by atoms with Gasteiger partial charge in [0, 0.05) is 82.8 Å². The van der Waals surface area contributed by atoms with E-state index in [9.17, 15) is 24.0 Å². The Kier molecular flexibility index (Phi) is 33.6. The molecule has 3 N–H and O–H groups in total. The summed E-state index contributed by atoms with van der Waals surface area (Å²) < 4.78 is 0. The molecule has 0 rings (SSSR count). The Morgan fingerprint density at radius 2 is 0.721 bits per heavy atom. The molecule has 0 aliphatic rings. The first-order chi connectivity index (χ1) is 29.2. The lowest BCUT2D eigenvalue weighted by atomic mass is 10.1. The number of urea groups is 3. The molecule has 61 heavy (non-hydrogen) atoms. The predicted octanol–water partition coefficient (Wildman–Crippen LogP) is 10.5. The molecule has 0 fully saturated rings. The molecule has 0 aromatic heterocycles. The van der Waals surface area contributed by atoms with Crippen molar-refractivity contribution in [1.29, 1.82) is 0 Å². The largest absolute Gasteiger partial charge is 0.338 e. The maximum atomic E-state index is 13.5. The van der Waals surface area contributed by atoms with Crippen molar-refractivity contribution in [3.05, 3.63) is 0 Å². The van der Waals surface area contributed by atoms with Gasteiger partial charge in [0.05, 0.1) is 0 Å². The third-order valence-electron chi connectivity index (χ3n) is 12.6. The van der Waals surface area contributed by atoms with Gasteiger partial charge in [-0.25, -0.2) is 19.4 Å². The smallest absolute Gasteiger partial charge is 0.332 e. The van der Waals surface area contributed by atoms with Gasteiger partial charge in [-0.3, -0.25) is 19.5 Å². The first-order valence-corrected chi connectivity index (χ1v) is 24.9. The van der Waals surface area contributed by atoms with Crippen LogP contribution in [0.3, 0.4) is 0 Å². The standard InChI is InChI=1S/C48H96N8O5/c1-13-39(7)54(40(8)14-2)46(59)49-35-29-23-19-21-27-33-44(57)53(38-32-26-25-31-36-50-47(60)55(41(9)15-3)42(10)16-4)45(58)34-28-22-20-24-30-37-51-48(61)56(43(11)17-5)52(12)18-6/h39-43H,13-38H2,1-12H3,(H,49,59)(H,50,60)(H,51,61). The molecule has 0 saturated heterocycles. The van der Waals surface area contributed by atoms with Gasteiger partial charge in [0.1, 0.15) is 0 Å². The quantitative estimate of drug-likeness (QED) is 0.0429. The summed E-state index contributed by atoms with van der Waals surface area (Å²) in [5.41, 5.74) is 0. The van der Waals surface area contributed by atoms with Gasteiger partial charge in [0.2, 0.25) is 11.8 Å². The summed E-state index contributed by atoms with van der Waals surface area (Å²) in [5.74, 6) is -0.157. The van der Waals surface area contributed by atoms with Crippen LogP contribution in [0.15, 0.2) is 0 Å². The van der Waals surface area contributed by atoms with Gasteiger partial charge < -0.3 is 25.8 Å². The summed E-state index contributed by atoms with van der Waals surface area (Å²) in [6.07, 6.45) is 17.7. The van der Waals surface area contributed by atoms with Gasteiger partial charge in [-0.15, -0.1) is 0 Å². The van der Waals surface area contributed by atoms with Gasteiger partial charge in [-0.1, -0.05) is 92.9 Å². The zero-order valence-electron chi connectivity index (χ0n) is 41.5. The number of carbonyl (C=O) groups is 5. The number of amides is 8. The molecule has 5 atom stereocenters. The SMILES string of the molecule is CCC(C)N(C(=O)NCCCCCCCC(=O)N(CCCCCCNC(=O)N(C(C)CC)C(C)CC)C(=O)CCCCCCCNC(=O)N(C(C)CC)N(C)CC)C(C)CC. The normalized spacial score (nSPS) is 13.8. The van der Waals surface area contributed by atoms with Crippen LogP contribution in [0.4, 0.5) is 14.4 Å². The van der Waals surface area contributed by atoms with Crippen LogP contribution in [0.2, 0.25) is 0 Å².